The van der Waals surface area contributed by atoms with Crippen molar-refractivity contribution >= 4 is 40.3 Å². The minimum Gasteiger partial charge on any atom is -0.371 e. The highest BCUT2D eigenvalue weighted by Crippen LogP contribution is 2.39. The summed E-state index contributed by atoms with van der Waals surface area (Å²) in [5.41, 5.74) is 5.61. The van der Waals surface area contributed by atoms with E-state index in [1.807, 2.05) is 42.1 Å². The fourth-order valence-corrected chi connectivity index (χ4v) is 4.23. The van der Waals surface area contributed by atoms with E-state index in [1.54, 1.807) is 12.3 Å². The quantitative estimate of drug-likeness (QED) is 0.524. The summed E-state index contributed by atoms with van der Waals surface area (Å²) >= 11 is 6.53. The first kappa shape index (κ1) is 22.6. The van der Waals surface area contributed by atoms with Gasteiger partial charge in [-0.05, 0) is 56.5 Å². The van der Waals surface area contributed by atoms with Crippen LogP contribution in [0.4, 0.5) is 17.1 Å². The molecule has 1 saturated carbocycles. The lowest BCUT2D eigenvalue weighted by Crippen LogP contribution is -2.25. The van der Waals surface area contributed by atoms with E-state index in [2.05, 4.69) is 39.7 Å². The number of nitrogens with zero attached hydrogens (tertiary/aromatic N) is 5. The Morgan fingerprint density at radius 3 is 2.85 bits per heavy atom. The van der Waals surface area contributed by atoms with Gasteiger partial charge in [0, 0.05) is 25.7 Å². The van der Waals surface area contributed by atoms with Gasteiger partial charge in [0.15, 0.2) is 0 Å². The Balaban J connectivity index is 1.51. The molecule has 1 amide bonds. The van der Waals surface area contributed by atoms with Crippen LogP contribution in [-0.4, -0.2) is 45.7 Å². The lowest BCUT2D eigenvalue weighted by Gasteiger charge is -2.25. The lowest BCUT2D eigenvalue weighted by molar-refractivity contribution is -0.115. The van der Waals surface area contributed by atoms with E-state index < -0.39 is 0 Å². The van der Waals surface area contributed by atoms with Gasteiger partial charge in [-0.25, -0.2) is 4.68 Å². The zero-order valence-corrected chi connectivity index (χ0v) is 20.3. The largest absolute Gasteiger partial charge is 0.371 e. The van der Waals surface area contributed by atoms with Gasteiger partial charge < -0.3 is 15.5 Å². The van der Waals surface area contributed by atoms with Crippen LogP contribution in [0.2, 0.25) is 5.02 Å². The van der Waals surface area contributed by atoms with Gasteiger partial charge in [0.25, 0.3) is 0 Å². The number of anilines is 2. The van der Waals surface area contributed by atoms with Crippen LogP contribution in [0.15, 0.2) is 47.6 Å². The van der Waals surface area contributed by atoms with Crippen molar-refractivity contribution in [2.75, 3.05) is 17.3 Å². The topological polar surface area (TPSA) is 87.4 Å². The van der Waals surface area contributed by atoms with E-state index in [4.69, 9.17) is 16.6 Å². The Morgan fingerprint density at radius 2 is 2.09 bits per heavy atom. The molecular weight excluding hydrogens is 450 g/mol. The summed E-state index contributed by atoms with van der Waals surface area (Å²) in [5, 5.41) is 15.4. The number of nitrogens with one attached hydrogen (secondary N) is 2. The van der Waals surface area contributed by atoms with Gasteiger partial charge in [-0.3, -0.25) is 9.79 Å². The number of carbonyl (C=O) groups is 1. The van der Waals surface area contributed by atoms with Crippen molar-refractivity contribution in [3.63, 3.8) is 0 Å². The van der Waals surface area contributed by atoms with Crippen molar-refractivity contribution in [2.45, 2.75) is 51.7 Å². The predicted molar refractivity (Wildman–Crippen MR) is 136 cm³/mol. The number of rotatable bonds is 7. The van der Waals surface area contributed by atoms with Crippen LogP contribution in [-0.2, 0) is 11.3 Å². The summed E-state index contributed by atoms with van der Waals surface area (Å²) < 4.78 is 1.83. The number of halogens is 1. The van der Waals surface area contributed by atoms with Crippen LogP contribution < -0.4 is 15.5 Å². The zero-order chi connectivity index (χ0) is 23.8. The van der Waals surface area contributed by atoms with Gasteiger partial charge in [0.05, 0.1) is 51.8 Å². The molecule has 0 saturated heterocycles. The molecule has 2 heterocycles. The van der Waals surface area contributed by atoms with Gasteiger partial charge in [-0.15, -0.1) is 5.10 Å². The van der Waals surface area contributed by atoms with Crippen LogP contribution in [0.5, 0.6) is 0 Å². The molecule has 0 atom stereocenters. The molecule has 1 fully saturated rings. The molecule has 9 heteroatoms. The lowest BCUT2D eigenvalue weighted by atomic mass is 10.1. The van der Waals surface area contributed by atoms with Gasteiger partial charge in [0.2, 0.25) is 5.91 Å². The number of hydrogen-bond acceptors (Lipinski definition) is 6. The van der Waals surface area contributed by atoms with Crippen molar-refractivity contribution in [1.82, 2.24) is 20.3 Å². The second-order valence-corrected chi connectivity index (χ2v) is 9.56. The standard InChI is InChI=1S/C25H28ClN7O/c1-15(2)32(3)24-11-23-22(10-20(24)26)30-25(34)12-21(29-23)16-5-4-6-18(9-16)33-19(14-28-31-33)13-27-17-7-8-17/h4-6,9-11,14-15,17,27H,7-8,12-13H2,1-3H3,(H,30,34). The summed E-state index contributed by atoms with van der Waals surface area (Å²) in [6, 6.07) is 12.5. The third-order valence-electron chi connectivity index (χ3n) is 6.27. The first-order chi connectivity index (χ1) is 16.4. The van der Waals surface area contributed by atoms with Crippen molar-refractivity contribution < 1.29 is 4.79 Å². The molecule has 0 bridgehead atoms. The molecule has 8 nitrogen and oxygen atoms in total. The fraction of sp³-hybridized carbons (Fsp3) is 0.360. The third-order valence-corrected chi connectivity index (χ3v) is 6.57. The molecule has 34 heavy (non-hydrogen) atoms. The average molecular weight is 478 g/mol. The molecule has 0 unspecified atom stereocenters. The van der Waals surface area contributed by atoms with Crippen molar-refractivity contribution in [3.05, 3.63) is 58.9 Å². The summed E-state index contributed by atoms with van der Waals surface area (Å²) in [6.07, 6.45) is 4.39. The van der Waals surface area contributed by atoms with Crippen molar-refractivity contribution in [2.24, 2.45) is 4.99 Å². The van der Waals surface area contributed by atoms with Crippen LogP contribution in [0.1, 0.15) is 44.4 Å². The van der Waals surface area contributed by atoms with Gasteiger partial charge in [0.1, 0.15) is 0 Å². The minimum atomic E-state index is -0.126. The predicted octanol–water partition coefficient (Wildman–Crippen LogP) is 4.48. The SMILES string of the molecule is CC(C)N(C)c1cc2c(cc1Cl)NC(=O)CC(c1cccc(-n3nncc3CNC3CC3)c1)=N2. The number of hydrogen-bond donors (Lipinski definition) is 2. The fourth-order valence-electron chi connectivity index (χ4n) is 3.94. The van der Waals surface area contributed by atoms with E-state index in [-0.39, 0.29) is 18.4 Å². The van der Waals surface area contributed by atoms with E-state index >= 15 is 0 Å². The van der Waals surface area contributed by atoms with Crippen LogP contribution >= 0.6 is 11.6 Å². The Morgan fingerprint density at radius 1 is 1.26 bits per heavy atom. The van der Waals surface area contributed by atoms with E-state index in [0.717, 1.165) is 22.6 Å². The molecule has 0 spiro atoms. The number of carbonyl (C=O) groups excluding carboxylic acids is 1. The number of benzene rings is 2. The van der Waals surface area contributed by atoms with Gasteiger partial charge in [-0.2, -0.15) is 0 Å². The van der Waals surface area contributed by atoms with E-state index in [0.29, 0.717) is 34.7 Å². The second kappa shape index (κ2) is 9.19. The third kappa shape index (κ3) is 4.69. The molecule has 2 aliphatic rings. The Kier molecular flexibility index (Phi) is 6.10. The van der Waals surface area contributed by atoms with Crippen molar-refractivity contribution in [3.8, 4) is 5.69 Å². The van der Waals surface area contributed by atoms with Gasteiger partial charge >= 0.3 is 0 Å². The molecule has 176 valence electrons. The summed E-state index contributed by atoms with van der Waals surface area (Å²) in [4.78, 5) is 19.7. The molecular formula is C25H28ClN7O. The van der Waals surface area contributed by atoms with Crippen LogP contribution in [0, 0.1) is 0 Å². The van der Waals surface area contributed by atoms with E-state index in [9.17, 15) is 4.79 Å². The van der Waals surface area contributed by atoms with Gasteiger partial charge in [-0.1, -0.05) is 28.9 Å². The summed E-state index contributed by atoms with van der Waals surface area (Å²) in [6.45, 7) is 4.91. The van der Waals surface area contributed by atoms with Crippen molar-refractivity contribution in [1.29, 1.82) is 0 Å². The molecule has 1 aromatic heterocycles. The number of aliphatic imine (C=N–C) groups is 1. The second-order valence-electron chi connectivity index (χ2n) is 9.15. The number of amides is 1. The molecule has 1 aliphatic heterocycles. The highest BCUT2D eigenvalue weighted by atomic mass is 35.5. The Hall–Kier alpha value is -3.23. The number of aromatic nitrogens is 3. The summed E-state index contributed by atoms with van der Waals surface area (Å²) in [5.74, 6) is -0.126. The normalized spacial score (nSPS) is 15.6. The maximum Gasteiger partial charge on any atom is 0.230 e. The zero-order valence-electron chi connectivity index (χ0n) is 19.5. The molecule has 2 aromatic carbocycles. The smallest absolute Gasteiger partial charge is 0.230 e. The molecule has 2 N–H and O–H groups in total. The first-order valence-electron chi connectivity index (χ1n) is 11.6. The first-order valence-corrected chi connectivity index (χ1v) is 11.9. The van der Waals surface area contributed by atoms with Crippen LogP contribution in [0.25, 0.3) is 5.69 Å². The summed E-state index contributed by atoms with van der Waals surface area (Å²) in [7, 11) is 2.00. The molecule has 5 rings (SSSR count). The minimum absolute atomic E-state index is 0.126. The average Bonchev–Trinajstić information content (AvgIpc) is 3.56. The number of fused-ring (bicyclic) bond motifs is 1. The Labute approximate surface area is 204 Å². The maximum atomic E-state index is 12.7. The Bertz CT molecular complexity index is 1260. The highest BCUT2D eigenvalue weighted by Gasteiger charge is 2.22. The molecule has 0 radical (unpaired) electrons. The highest BCUT2D eigenvalue weighted by molar-refractivity contribution is 6.34. The monoisotopic (exact) mass is 477 g/mol. The van der Waals surface area contributed by atoms with Crippen LogP contribution in [0.3, 0.4) is 0 Å². The molecule has 3 aromatic rings. The maximum absolute atomic E-state index is 12.7. The van der Waals surface area contributed by atoms with E-state index in [1.165, 1.54) is 12.8 Å². The molecule has 1 aliphatic carbocycles.